The van der Waals surface area contributed by atoms with Crippen LogP contribution in [0.2, 0.25) is 5.02 Å². The van der Waals surface area contributed by atoms with E-state index in [1.54, 1.807) is 11.8 Å². The largest absolute Gasteiger partial charge is 0.272 e. The van der Waals surface area contributed by atoms with Gasteiger partial charge in [-0.2, -0.15) is 9.41 Å². The van der Waals surface area contributed by atoms with Gasteiger partial charge in [-0.05, 0) is 48.2 Å². The van der Waals surface area contributed by atoms with Gasteiger partial charge in [0.25, 0.3) is 5.91 Å². The predicted molar refractivity (Wildman–Crippen MR) is 105 cm³/mol. The van der Waals surface area contributed by atoms with Crippen molar-refractivity contribution in [2.45, 2.75) is 9.79 Å². The van der Waals surface area contributed by atoms with Crippen LogP contribution in [0.1, 0.15) is 5.56 Å². The van der Waals surface area contributed by atoms with Crippen molar-refractivity contribution >= 4 is 45.5 Å². The van der Waals surface area contributed by atoms with Crippen molar-refractivity contribution in [1.82, 2.24) is 9.73 Å². The molecule has 9 heteroatoms. The van der Waals surface area contributed by atoms with E-state index in [2.05, 4.69) is 10.5 Å². The number of benzene rings is 2. The monoisotopic (exact) mass is 411 g/mol. The SMILES string of the molecule is CSc1ccc(/C=N\NC(=O)CN(C)S(=O)(=O)c2ccc(Cl)cc2)cc1. The summed E-state index contributed by atoms with van der Waals surface area (Å²) in [5.74, 6) is -0.540. The fourth-order valence-electron chi connectivity index (χ4n) is 1.98. The van der Waals surface area contributed by atoms with Gasteiger partial charge >= 0.3 is 0 Å². The molecule has 0 unspecified atom stereocenters. The Hall–Kier alpha value is -1.87. The molecule has 0 aliphatic heterocycles. The van der Waals surface area contributed by atoms with Crippen molar-refractivity contribution in [3.8, 4) is 0 Å². The number of halogens is 1. The highest BCUT2D eigenvalue weighted by molar-refractivity contribution is 7.98. The van der Waals surface area contributed by atoms with E-state index >= 15 is 0 Å². The van der Waals surface area contributed by atoms with E-state index in [4.69, 9.17) is 11.6 Å². The summed E-state index contributed by atoms with van der Waals surface area (Å²) in [4.78, 5) is 13.1. The van der Waals surface area contributed by atoms with E-state index in [-0.39, 0.29) is 11.4 Å². The molecule has 0 aromatic heterocycles. The number of sulfonamides is 1. The maximum Gasteiger partial charge on any atom is 0.255 e. The van der Waals surface area contributed by atoms with Gasteiger partial charge in [0.15, 0.2) is 0 Å². The fraction of sp³-hybridized carbons (Fsp3) is 0.176. The second kappa shape index (κ2) is 9.18. The van der Waals surface area contributed by atoms with Crippen LogP contribution in [0.5, 0.6) is 0 Å². The molecule has 0 saturated heterocycles. The van der Waals surface area contributed by atoms with Crippen LogP contribution in [0, 0.1) is 0 Å². The van der Waals surface area contributed by atoms with E-state index in [0.29, 0.717) is 5.02 Å². The molecule has 2 aromatic carbocycles. The first-order chi connectivity index (χ1) is 12.3. The lowest BCUT2D eigenvalue weighted by Gasteiger charge is -2.16. The molecule has 2 aromatic rings. The van der Waals surface area contributed by atoms with Crippen molar-refractivity contribution in [2.75, 3.05) is 19.8 Å². The van der Waals surface area contributed by atoms with Crippen molar-refractivity contribution < 1.29 is 13.2 Å². The number of hydrogen-bond donors (Lipinski definition) is 1. The summed E-state index contributed by atoms with van der Waals surface area (Å²) >= 11 is 7.39. The maximum atomic E-state index is 12.4. The molecule has 0 heterocycles. The number of carbonyl (C=O) groups is 1. The molecule has 0 bridgehead atoms. The first-order valence-corrected chi connectivity index (χ1v) is 10.5. The summed E-state index contributed by atoms with van der Waals surface area (Å²) in [6.07, 6.45) is 3.48. The van der Waals surface area contributed by atoms with Gasteiger partial charge in [0.1, 0.15) is 0 Å². The average molecular weight is 412 g/mol. The van der Waals surface area contributed by atoms with E-state index in [1.807, 2.05) is 30.5 Å². The molecule has 0 radical (unpaired) electrons. The average Bonchev–Trinajstić information content (AvgIpc) is 2.62. The number of amides is 1. The fourth-order valence-corrected chi connectivity index (χ4v) is 3.64. The number of hydrazone groups is 1. The van der Waals surface area contributed by atoms with Gasteiger partial charge in [0, 0.05) is 17.0 Å². The molecular formula is C17H18ClN3O3S2. The topological polar surface area (TPSA) is 78.8 Å². The van der Waals surface area contributed by atoms with Crippen LogP contribution in [0.25, 0.3) is 0 Å². The number of nitrogens with zero attached hydrogens (tertiary/aromatic N) is 2. The molecule has 1 N–H and O–H groups in total. The highest BCUT2D eigenvalue weighted by atomic mass is 35.5. The highest BCUT2D eigenvalue weighted by Gasteiger charge is 2.22. The quantitative estimate of drug-likeness (QED) is 0.431. The molecule has 6 nitrogen and oxygen atoms in total. The van der Waals surface area contributed by atoms with E-state index < -0.39 is 15.9 Å². The van der Waals surface area contributed by atoms with E-state index in [1.165, 1.54) is 37.5 Å². The number of hydrogen-bond acceptors (Lipinski definition) is 5. The summed E-state index contributed by atoms with van der Waals surface area (Å²) in [5, 5.41) is 4.28. The Morgan fingerprint density at radius 1 is 1.19 bits per heavy atom. The van der Waals surface area contributed by atoms with Crippen LogP contribution >= 0.6 is 23.4 Å². The third-order valence-corrected chi connectivity index (χ3v) is 6.22. The molecule has 0 saturated carbocycles. The molecule has 2 rings (SSSR count). The van der Waals surface area contributed by atoms with Gasteiger partial charge in [0.2, 0.25) is 10.0 Å². The third-order valence-electron chi connectivity index (χ3n) is 3.41. The number of rotatable bonds is 7. The molecule has 0 aliphatic carbocycles. The van der Waals surface area contributed by atoms with Crippen LogP contribution in [-0.4, -0.2) is 44.7 Å². The molecular weight excluding hydrogens is 394 g/mol. The Morgan fingerprint density at radius 2 is 1.81 bits per heavy atom. The predicted octanol–water partition coefficient (Wildman–Crippen LogP) is 2.83. The maximum absolute atomic E-state index is 12.4. The van der Waals surface area contributed by atoms with Crippen LogP contribution < -0.4 is 5.43 Å². The number of thioether (sulfide) groups is 1. The Kier molecular flexibility index (Phi) is 7.22. The highest BCUT2D eigenvalue weighted by Crippen LogP contribution is 2.17. The minimum absolute atomic E-state index is 0.0644. The van der Waals surface area contributed by atoms with Gasteiger partial charge in [-0.1, -0.05) is 23.7 Å². The summed E-state index contributed by atoms with van der Waals surface area (Å²) < 4.78 is 25.7. The lowest BCUT2D eigenvalue weighted by Crippen LogP contribution is -2.36. The summed E-state index contributed by atoms with van der Waals surface area (Å²) in [7, 11) is -2.45. The van der Waals surface area contributed by atoms with Crippen LogP contribution in [-0.2, 0) is 14.8 Å². The van der Waals surface area contributed by atoms with E-state index in [0.717, 1.165) is 14.8 Å². The van der Waals surface area contributed by atoms with Crippen molar-refractivity contribution in [3.05, 3.63) is 59.1 Å². The lowest BCUT2D eigenvalue weighted by atomic mass is 10.2. The summed E-state index contributed by atoms with van der Waals surface area (Å²) in [5.41, 5.74) is 3.15. The molecule has 0 fully saturated rings. The minimum atomic E-state index is -3.78. The second-order valence-corrected chi connectivity index (χ2v) is 8.64. The number of nitrogens with one attached hydrogen (secondary N) is 1. The molecule has 138 valence electrons. The van der Waals surface area contributed by atoms with E-state index in [9.17, 15) is 13.2 Å². The van der Waals surface area contributed by atoms with Crippen molar-refractivity contribution in [2.24, 2.45) is 5.10 Å². The number of carbonyl (C=O) groups excluding carboxylic acids is 1. The molecule has 0 aliphatic rings. The zero-order chi connectivity index (χ0) is 19.2. The normalized spacial score (nSPS) is 11.8. The van der Waals surface area contributed by atoms with Crippen molar-refractivity contribution in [1.29, 1.82) is 0 Å². The minimum Gasteiger partial charge on any atom is -0.272 e. The summed E-state index contributed by atoms with van der Waals surface area (Å²) in [6.45, 7) is -0.353. The smallest absolute Gasteiger partial charge is 0.255 e. The third kappa shape index (κ3) is 5.57. The van der Waals surface area contributed by atoms with Gasteiger partial charge in [-0.15, -0.1) is 11.8 Å². The number of likely N-dealkylation sites (N-methyl/N-ethyl adjacent to an activating group) is 1. The Bertz CT molecular complexity index is 882. The molecule has 0 atom stereocenters. The standard InChI is InChI=1S/C17H18ClN3O3S2/c1-21(26(23,24)16-9-5-14(18)6-10-16)12-17(22)20-19-11-13-3-7-15(25-2)8-4-13/h3-11H,12H2,1-2H3,(H,20,22)/b19-11-. The van der Waals surface area contributed by atoms with Crippen LogP contribution in [0.3, 0.4) is 0 Å². The Labute approximate surface area is 162 Å². The molecule has 1 amide bonds. The van der Waals surface area contributed by atoms with Gasteiger partial charge in [-0.25, -0.2) is 13.8 Å². The van der Waals surface area contributed by atoms with Gasteiger partial charge in [-0.3, -0.25) is 4.79 Å². The van der Waals surface area contributed by atoms with Crippen molar-refractivity contribution in [3.63, 3.8) is 0 Å². The second-order valence-electron chi connectivity index (χ2n) is 5.28. The molecule has 0 spiro atoms. The zero-order valence-electron chi connectivity index (χ0n) is 14.2. The first kappa shape index (κ1) is 20.4. The van der Waals surface area contributed by atoms with Gasteiger partial charge < -0.3 is 0 Å². The zero-order valence-corrected chi connectivity index (χ0v) is 16.6. The van der Waals surface area contributed by atoms with Crippen LogP contribution in [0.4, 0.5) is 0 Å². The molecule has 26 heavy (non-hydrogen) atoms. The Morgan fingerprint density at radius 3 is 2.38 bits per heavy atom. The van der Waals surface area contributed by atoms with Gasteiger partial charge in [0.05, 0.1) is 17.7 Å². The first-order valence-electron chi connectivity index (χ1n) is 7.51. The Balaban J connectivity index is 1.93. The van der Waals surface area contributed by atoms with Crippen LogP contribution in [0.15, 0.2) is 63.4 Å². The summed E-state index contributed by atoms with van der Waals surface area (Å²) in [6, 6.07) is 13.4. The lowest BCUT2D eigenvalue weighted by molar-refractivity contribution is -0.121.